The van der Waals surface area contributed by atoms with Gasteiger partial charge in [-0.2, -0.15) is 0 Å². The highest BCUT2D eigenvalue weighted by Crippen LogP contribution is 2.20. The normalized spacial score (nSPS) is 25.7. The Morgan fingerprint density at radius 2 is 1.03 bits per heavy atom. The number of unbranched alkanes of at least 4 members (excludes halogenated alkanes) is 4. The largest absolute Gasteiger partial charge is 0.448 e. The lowest BCUT2D eigenvalue weighted by Gasteiger charge is -2.12. The van der Waals surface area contributed by atoms with Gasteiger partial charge in [-0.1, -0.05) is 19.3 Å². The molecule has 14 nitrogen and oxygen atoms in total. The van der Waals surface area contributed by atoms with Crippen LogP contribution >= 0.6 is 0 Å². The Kier molecular flexibility index (Phi) is 10.7. The van der Waals surface area contributed by atoms with Gasteiger partial charge in [-0.3, -0.25) is 19.2 Å². The molecule has 0 aliphatic carbocycles. The van der Waals surface area contributed by atoms with Gasteiger partial charge in [0.15, 0.2) is 12.2 Å². The lowest BCUT2D eigenvalue weighted by Crippen LogP contribution is -2.38. The molecule has 0 saturated carbocycles. The molecule has 14 heteroatoms. The minimum Gasteiger partial charge on any atom is -0.448 e. The van der Waals surface area contributed by atoms with Crippen LogP contribution in [0.1, 0.15) is 44.9 Å². The van der Waals surface area contributed by atoms with Crippen LogP contribution in [0.5, 0.6) is 0 Å². The first-order valence-electron chi connectivity index (χ1n) is 11.1. The van der Waals surface area contributed by atoms with Crippen LogP contribution in [-0.2, 0) is 47.7 Å². The van der Waals surface area contributed by atoms with Crippen molar-refractivity contribution in [3.8, 4) is 0 Å². The average molecular weight is 504 g/mol. The third-order valence-electron chi connectivity index (χ3n) is 5.33. The predicted molar refractivity (Wildman–Crippen MR) is 108 cm³/mol. The molecule has 0 aromatic rings. The number of hydrogen-bond donors (Lipinski definition) is 4. The molecule has 2 heterocycles. The zero-order valence-corrected chi connectivity index (χ0v) is 18.7. The van der Waals surface area contributed by atoms with E-state index in [4.69, 9.17) is 19.7 Å². The average Bonchev–Trinajstić information content (AvgIpc) is 3.27. The molecule has 4 N–H and O–H groups in total. The molecule has 2 fully saturated rings. The SMILES string of the molecule is O=C(CCCCCCCC(=O)OC1C(=O)O[C@H]([C@@H](O)CO)C1=O)OC1C(=O)O[C@H]([C@@H](O)CO)C1=O. The molecule has 2 aliphatic rings. The van der Waals surface area contributed by atoms with E-state index in [1.54, 1.807) is 0 Å². The van der Waals surface area contributed by atoms with Gasteiger partial charge in [0.2, 0.25) is 11.6 Å². The van der Waals surface area contributed by atoms with Crippen molar-refractivity contribution in [3.05, 3.63) is 0 Å². The van der Waals surface area contributed by atoms with Crippen molar-refractivity contribution < 1.29 is 68.1 Å². The van der Waals surface area contributed by atoms with Gasteiger partial charge in [0.25, 0.3) is 12.2 Å². The van der Waals surface area contributed by atoms with Crippen molar-refractivity contribution in [2.45, 2.75) is 81.6 Å². The minimum absolute atomic E-state index is 0.0842. The number of rotatable bonds is 14. The zero-order valence-electron chi connectivity index (χ0n) is 18.7. The quantitative estimate of drug-likeness (QED) is 0.0814. The number of aliphatic hydroxyl groups is 4. The van der Waals surface area contributed by atoms with E-state index in [1.165, 1.54) is 0 Å². The van der Waals surface area contributed by atoms with Crippen LogP contribution in [0.2, 0.25) is 0 Å². The highest BCUT2D eigenvalue weighted by atomic mass is 16.6. The van der Waals surface area contributed by atoms with Crippen LogP contribution < -0.4 is 0 Å². The molecular formula is C21H28O14. The van der Waals surface area contributed by atoms with Crippen molar-refractivity contribution >= 4 is 35.4 Å². The summed E-state index contributed by atoms with van der Waals surface area (Å²) in [6.07, 6.45) is -7.59. The Morgan fingerprint density at radius 3 is 1.37 bits per heavy atom. The second kappa shape index (κ2) is 13.2. The fourth-order valence-corrected chi connectivity index (χ4v) is 3.41. The molecule has 2 unspecified atom stereocenters. The van der Waals surface area contributed by atoms with Gasteiger partial charge < -0.3 is 39.4 Å². The highest BCUT2D eigenvalue weighted by molar-refractivity contribution is 6.11. The number of carbonyl (C=O) groups is 6. The number of aliphatic hydroxyl groups excluding tert-OH is 4. The summed E-state index contributed by atoms with van der Waals surface area (Å²) in [6, 6.07) is 0. The minimum atomic E-state index is -1.77. The van der Waals surface area contributed by atoms with Gasteiger partial charge in [0, 0.05) is 12.8 Å². The Hall–Kier alpha value is -2.94. The third kappa shape index (κ3) is 7.52. The Labute approximate surface area is 199 Å². The van der Waals surface area contributed by atoms with E-state index >= 15 is 0 Å². The molecule has 2 rings (SSSR count). The maximum absolute atomic E-state index is 12.0. The second-order valence-corrected chi connectivity index (χ2v) is 8.03. The summed E-state index contributed by atoms with van der Waals surface area (Å²) in [5.41, 5.74) is 0. The van der Waals surface area contributed by atoms with Crippen molar-refractivity contribution in [2.75, 3.05) is 13.2 Å². The summed E-state index contributed by atoms with van der Waals surface area (Å²) in [5.74, 6) is -5.71. The number of Topliss-reactive ketones (excluding diaryl/α,β-unsaturated/α-hetero) is 2. The number of ketones is 2. The number of cyclic esters (lactones) is 2. The number of ether oxygens (including phenoxy) is 4. The number of carbonyl (C=O) groups excluding carboxylic acids is 6. The van der Waals surface area contributed by atoms with E-state index in [2.05, 4.69) is 9.47 Å². The molecular weight excluding hydrogens is 476 g/mol. The standard InChI is InChI=1S/C21H28O14/c22-8-10(24)16-14(28)18(20(30)34-16)32-12(26)6-4-2-1-3-5-7-13(27)33-19-15(29)17(11(25)9-23)35-21(19)31/h10-11,16-19,22-25H,1-9H2/t10-,11-,16+,17+,18?,19?/m0/s1. The van der Waals surface area contributed by atoms with E-state index in [9.17, 15) is 39.0 Å². The Balaban J connectivity index is 1.58. The van der Waals surface area contributed by atoms with Crippen LogP contribution in [0, 0.1) is 0 Å². The Bertz CT molecular complexity index is 757. The van der Waals surface area contributed by atoms with Gasteiger partial charge in [-0.15, -0.1) is 0 Å². The molecule has 35 heavy (non-hydrogen) atoms. The lowest BCUT2D eigenvalue weighted by atomic mass is 10.1. The predicted octanol–water partition coefficient (Wildman–Crippen LogP) is -2.76. The maximum atomic E-state index is 12.0. The van der Waals surface area contributed by atoms with Crippen LogP contribution in [0.25, 0.3) is 0 Å². The second-order valence-electron chi connectivity index (χ2n) is 8.03. The van der Waals surface area contributed by atoms with Crippen molar-refractivity contribution in [3.63, 3.8) is 0 Å². The van der Waals surface area contributed by atoms with E-state index in [0.29, 0.717) is 32.1 Å². The summed E-state index contributed by atoms with van der Waals surface area (Å²) >= 11 is 0. The molecule has 196 valence electrons. The third-order valence-corrected chi connectivity index (χ3v) is 5.33. The maximum Gasteiger partial charge on any atom is 0.356 e. The summed E-state index contributed by atoms with van der Waals surface area (Å²) < 4.78 is 18.9. The van der Waals surface area contributed by atoms with Crippen molar-refractivity contribution in [1.82, 2.24) is 0 Å². The molecule has 0 aromatic carbocycles. The molecule has 0 bridgehead atoms. The molecule has 0 radical (unpaired) electrons. The lowest BCUT2D eigenvalue weighted by molar-refractivity contribution is -0.162. The zero-order chi connectivity index (χ0) is 26.1. The molecule has 2 saturated heterocycles. The summed E-state index contributed by atoms with van der Waals surface area (Å²) in [7, 11) is 0. The molecule has 0 aromatic heterocycles. The van der Waals surface area contributed by atoms with Crippen molar-refractivity contribution in [2.24, 2.45) is 0 Å². The van der Waals surface area contributed by atoms with Gasteiger partial charge in [-0.05, 0) is 12.8 Å². The fourth-order valence-electron chi connectivity index (χ4n) is 3.41. The summed E-state index contributed by atoms with van der Waals surface area (Å²) in [6.45, 7) is -1.61. The van der Waals surface area contributed by atoms with E-state index in [-0.39, 0.29) is 12.8 Å². The van der Waals surface area contributed by atoms with Gasteiger partial charge in [0.1, 0.15) is 12.2 Å². The topological polar surface area (TPSA) is 220 Å². The number of hydrogen-bond acceptors (Lipinski definition) is 14. The van der Waals surface area contributed by atoms with E-state index < -0.39 is 85.3 Å². The molecule has 0 amide bonds. The molecule has 0 spiro atoms. The summed E-state index contributed by atoms with van der Waals surface area (Å²) in [4.78, 5) is 70.9. The first-order chi connectivity index (χ1) is 16.6. The van der Waals surface area contributed by atoms with Crippen LogP contribution in [0.3, 0.4) is 0 Å². The fraction of sp³-hybridized carbons (Fsp3) is 0.714. The van der Waals surface area contributed by atoms with E-state index in [0.717, 1.165) is 0 Å². The monoisotopic (exact) mass is 504 g/mol. The molecule has 2 aliphatic heterocycles. The van der Waals surface area contributed by atoms with Crippen LogP contribution in [0.4, 0.5) is 0 Å². The summed E-state index contributed by atoms with van der Waals surface area (Å²) in [5, 5.41) is 36.6. The number of esters is 4. The van der Waals surface area contributed by atoms with Crippen LogP contribution in [0.15, 0.2) is 0 Å². The Morgan fingerprint density at radius 1 is 0.686 bits per heavy atom. The smallest absolute Gasteiger partial charge is 0.356 e. The highest BCUT2D eigenvalue weighted by Gasteiger charge is 2.50. The van der Waals surface area contributed by atoms with Gasteiger partial charge in [-0.25, -0.2) is 9.59 Å². The first kappa shape index (κ1) is 28.3. The van der Waals surface area contributed by atoms with Gasteiger partial charge >= 0.3 is 23.9 Å². The van der Waals surface area contributed by atoms with Gasteiger partial charge in [0.05, 0.1) is 13.2 Å². The molecule has 6 atom stereocenters. The van der Waals surface area contributed by atoms with Crippen LogP contribution in [-0.4, -0.2) is 106 Å². The van der Waals surface area contributed by atoms with E-state index in [1.807, 2.05) is 0 Å². The van der Waals surface area contributed by atoms with Crippen molar-refractivity contribution in [1.29, 1.82) is 0 Å². The first-order valence-corrected chi connectivity index (χ1v) is 11.1.